The molecule has 0 aliphatic heterocycles. The van der Waals surface area contributed by atoms with Crippen molar-refractivity contribution in [2.75, 3.05) is 26.4 Å². The van der Waals surface area contributed by atoms with Gasteiger partial charge in [0.05, 0.1) is 25.9 Å². The lowest BCUT2D eigenvalue weighted by Gasteiger charge is -2.20. The molecule has 0 aromatic rings. The Morgan fingerprint density at radius 3 is 1.69 bits per heavy atom. The van der Waals surface area contributed by atoms with E-state index in [1.165, 1.54) is 103 Å². The molecule has 0 aromatic carbocycles. The SMILES string of the molecule is CCCCCCCC/C=C/C/C=C/C=C/C(O)CCCC(=O)OC[C@H](COP(=O)(O)OC[C@@H](O)COP(=O)(O)O)OC(=O)CCCCCCCCCCCCCCCCC(C)C. The number of aliphatic hydroxyl groups is 2. The maximum Gasteiger partial charge on any atom is 0.472 e. The molecule has 0 amide bonds. The molecule has 0 saturated carbocycles. The van der Waals surface area contributed by atoms with Crippen LogP contribution >= 0.6 is 15.6 Å². The zero-order chi connectivity index (χ0) is 46.2. The molecule has 0 aliphatic rings. The number of allylic oxidation sites excluding steroid dienone is 5. The van der Waals surface area contributed by atoms with Gasteiger partial charge >= 0.3 is 27.6 Å². The molecule has 16 heteroatoms. The van der Waals surface area contributed by atoms with Crippen LogP contribution in [0, 0.1) is 5.92 Å². The molecule has 0 saturated heterocycles. The molecule has 2 unspecified atom stereocenters. The number of carbonyl (C=O) groups excluding carboxylic acids is 2. The predicted octanol–water partition coefficient (Wildman–Crippen LogP) is 11.3. The molecule has 0 rings (SSSR count). The van der Waals surface area contributed by atoms with Gasteiger partial charge in [0, 0.05) is 12.8 Å². The first-order chi connectivity index (χ1) is 29.6. The summed E-state index contributed by atoms with van der Waals surface area (Å²) >= 11 is 0. The molecule has 62 heavy (non-hydrogen) atoms. The van der Waals surface area contributed by atoms with Crippen molar-refractivity contribution in [1.29, 1.82) is 0 Å². The van der Waals surface area contributed by atoms with Gasteiger partial charge in [0.25, 0.3) is 0 Å². The number of unbranched alkanes of at least 4 members (excludes halogenated alkanes) is 19. The summed E-state index contributed by atoms with van der Waals surface area (Å²) in [5.41, 5.74) is 0. The minimum absolute atomic E-state index is 0.0273. The first kappa shape index (κ1) is 60.3. The first-order valence-corrected chi connectivity index (χ1v) is 26.7. The van der Waals surface area contributed by atoms with E-state index in [4.69, 9.17) is 23.8 Å². The van der Waals surface area contributed by atoms with Crippen molar-refractivity contribution in [2.45, 2.75) is 212 Å². The second kappa shape index (κ2) is 40.8. The monoisotopic (exact) mass is 925 g/mol. The zero-order valence-corrected chi connectivity index (χ0v) is 40.3. The highest BCUT2D eigenvalue weighted by Crippen LogP contribution is 2.43. The zero-order valence-electron chi connectivity index (χ0n) is 38.5. The number of aliphatic hydroxyl groups excluding tert-OH is 2. The Bertz CT molecular complexity index is 1270. The smallest absolute Gasteiger partial charge is 0.462 e. The fraction of sp³-hybridized carbons (Fsp3) is 0.826. The Labute approximate surface area is 374 Å². The summed E-state index contributed by atoms with van der Waals surface area (Å²) in [4.78, 5) is 52.8. The van der Waals surface area contributed by atoms with E-state index in [9.17, 15) is 33.8 Å². The lowest BCUT2D eigenvalue weighted by atomic mass is 10.0. The second-order valence-corrected chi connectivity index (χ2v) is 19.4. The summed E-state index contributed by atoms with van der Waals surface area (Å²) in [6.45, 7) is 3.89. The third-order valence-electron chi connectivity index (χ3n) is 10.1. The fourth-order valence-electron chi connectivity index (χ4n) is 6.42. The summed E-state index contributed by atoms with van der Waals surface area (Å²) in [6.07, 6.45) is 36.0. The Morgan fingerprint density at radius 1 is 0.565 bits per heavy atom. The van der Waals surface area contributed by atoms with Gasteiger partial charge in [-0.1, -0.05) is 179 Å². The van der Waals surface area contributed by atoms with E-state index in [1.807, 2.05) is 12.2 Å². The van der Waals surface area contributed by atoms with Crippen LogP contribution in [0.25, 0.3) is 0 Å². The van der Waals surface area contributed by atoms with Crippen molar-refractivity contribution < 1.29 is 66.7 Å². The molecule has 5 N–H and O–H groups in total. The van der Waals surface area contributed by atoms with Gasteiger partial charge in [0.1, 0.15) is 12.7 Å². The van der Waals surface area contributed by atoms with Crippen molar-refractivity contribution in [2.24, 2.45) is 5.92 Å². The van der Waals surface area contributed by atoms with E-state index < -0.39 is 72.3 Å². The molecule has 0 aromatic heterocycles. The van der Waals surface area contributed by atoms with Gasteiger partial charge in [-0.15, -0.1) is 0 Å². The van der Waals surface area contributed by atoms with Crippen molar-refractivity contribution in [1.82, 2.24) is 0 Å². The summed E-state index contributed by atoms with van der Waals surface area (Å²) in [7, 11) is -9.73. The van der Waals surface area contributed by atoms with E-state index >= 15 is 0 Å². The minimum Gasteiger partial charge on any atom is -0.462 e. The number of ether oxygens (including phenoxy) is 2. The number of esters is 2. The Kier molecular flexibility index (Phi) is 39.7. The number of hydrogen-bond acceptors (Lipinski definition) is 11. The molecule has 0 aliphatic carbocycles. The molecule has 14 nitrogen and oxygen atoms in total. The van der Waals surface area contributed by atoms with Crippen LogP contribution in [0.15, 0.2) is 36.5 Å². The molecule has 4 atom stereocenters. The van der Waals surface area contributed by atoms with E-state index in [1.54, 1.807) is 12.2 Å². The fourth-order valence-corrected chi connectivity index (χ4v) is 7.58. The number of carbonyl (C=O) groups is 2. The van der Waals surface area contributed by atoms with Crippen molar-refractivity contribution in [3.05, 3.63) is 36.5 Å². The third-order valence-corrected chi connectivity index (χ3v) is 11.5. The number of phosphoric ester groups is 2. The van der Waals surface area contributed by atoms with Gasteiger partial charge in [-0.25, -0.2) is 9.13 Å². The van der Waals surface area contributed by atoms with Crippen molar-refractivity contribution >= 4 is 27.6 Å². The van der Waals surface area contributed by atoms with Gasteiger partial charge < -0.3 is 34.4 Å². The normalized spacial score (nSPS) is 14.9. The lowest BCUT2D eigenvalue weighted by Crippen LogP contribution is -2.30. The van der Waals surface area contributed by atoms with Gasteiger partial charge in [-0.2, -0.15) is 0 Å². The quantitative estimate of drug-likeness (QED) is 0.0126. The van der Waals surface area contributed by atoms with Gasteiger partial charge in [-0.3, -0.25) is 23.2 Å². The van der Waals surface area contributed by atoms with E-state index in [0.29, 0.717) is 19.3 Å². The molecule has 0 spiro atoms. The van der Waals surface area contributed by atoms with Crippen LogP contribution in [0.4, 0.5) is 0 Å². The van der Waals surface area contributed by atoms with Crippen molar-refractivity contribution in [3.8, 4) is 0 Å². The lowest BCUT2D eigenvalue weighted by molar-refractivity contribution is -0.161. The molecule has 364 valence electrons. The highest BCUT2D eigenvalue weighted by Gasteiger charge is 2.28. The highest BCUT2D eigenvalue weighted by atomic mass is 31.2. The van der Waals surface area contributed by atoms with Crippen LogP contribution in [0.1, 0.15) is 194 Å². The molecular formula is C46H86O14P2. The minimum atomic E-state index is -4.88. The molecule has 0 bridgehead atoms. The highest BCUT2D eigenvalue weighted by molar-refractivity contribution is 7.47. The van der Waals surface area contributed by atoms with Gasteiger partial charge in [0.15, 0.2) is 6.10 Å². The van der Waals surface area contributed by atoms with Crippen LogP contribution in [0.3, 0.4) is 0 Å². The topological polar surface area (TPSA) is 216 Å². The number of hydrogen-bond donors (Lipinski definition) is 5. The Morgan fingerprint density at radius 2 is 1.10 bits per heavy atom. The first-order valence-electron chi connectivity index (χ1n) is 23.6. The van der Waals surface area contributed by atoms with Crippen LogP contribution in [-0.4, -0.2) is 81.6 Å². The third kappa shape index (κ3) is 44.9. The number of rotatable bonds is 44. The van der Waals surface area contributed by atoms with E-state index in [0.717, 1.165) is 44.4 Å². The molecule has 0 heterocycles. The second-order valence-electron chi connectivity index (χ2n) is 16.7. The van der Waals surface area contributed by atoms with Crippen LogP contribution in [-0.2, 0) is 41.8 Å². The Balaban J connectivity index is 4.62. The Hall–Kier alpha value is -1.70. The predicted molar refractivity (Wildman–Crippen MR) is 245 cm³/mol. The summed E-state index contributed by atoms with van der Waals surface area (Å²) in [6, 6.07) is 0. The summed E-state index contributed by atoms with van der Waals surface area (Å²) in [5.74, 6) is -0.421. The van der Waals surface area contributed by atoms with E-state index in [2.05, 4.69) is 42.0 Å². The standard InChI is InChI=1S/C46H86O14P2/c1-4-5-6-7-8-9-10-13-17-20-23-26-29-33-42(47)34-31-36-45(49)56-39-44(40-59-62(54,55)58-38-43(48)37-57-61(51,52)53)60-46(50)35-30-27-24-21-18-15-12-11-14-16-19-22-25-28-32-41(2)3/h13,17,23,26,29,33,41-44,47-48H,4-12,14-16,18-22,24-25,27-28,30-32,34-40H2,1-3H3,(H,54,55)(H2,51,52,53)/b17-13+,26-23+,33-29+/t42?,43-,44+/m0/s1. The van der Waals surface area contributed by atoms with Gasteiger partial charge in [-0.05, 0) is 44.4 Å². The van der Waals surface area contributed by atoms with Crippen molar-refractivity contribution in [3.63, 3.8) is 0 Å². The molecule has 0 radical (unpaired) electrons. The summed E-state index contributed by atoms with van der Waals surface area (Å²) in [5, 5.41) is 20.0. The number of phosphoric acid groups is 2. The summed E-state index contributed by atoms with van der Waals surface area (Å²) < 4.78 is 47.7. The van der Waals surface area contributed by atoms with E-state index in [-0.39, 0.29) is 12.8 Å². The maximum absolute atomic E-state index is 12.7. The molecular weight excluding hydrogens is 838 g/mol. The largest absolute Gasteiger partial charge is 0.472 e. The van der Waals surface area contributed by atoms with Crippen LogP contribution in [0.2, 0.25) is 0 Å². The average molecular weight is 925 g/mol. The molecule has 0 fully saturated rings. The van der Waals surface area contributed by atoms with Crippen LogP contribution < -0.4 is 0 Å². The average Bonchev–Trinajstić information content (AvgIpc) is 3.21. The van der Waals surface area contributed by atoms with Crippen LogP contribution in [0.5, 0.6) is 0 Å². The maximum atomic E-state index is 12.7. The van der Waals surface area contributed by atoms with Gasteiger partial charge in [0.2, 0.25) is 0 Å².